The minimum Gasteiger partial charge on any atom is -0.343 e. The molecule has 0 aromatic heterocycles. The predicted octanol–water partition coefficient (Wildman–Crippen LogP) is 3.46. The third-order valence-electron chi connectivity index (χ3n) is 3.86. The second-order valence-corrected chi connectivity index (χ2v) is 5.56. The maximum atomic E-state index is 12.6. The van der Waals surface area contributed by atoms with E-state index in [0.29, 0.717) is 11.8 Å². The minimum absolute atomic E-state index is 0.0137. The van der Waals surface area contributed by atoms with Crippen molar-refractivity contribution in [2.45, 2.75) is 59.8 Å². The zero-order chi connectivity index (χ0) is 12.2. The summed E-state index contributed by atoms with van der Waals surface area (Å²) in [5.41, 5.74) is -0.0137. The lowest BCUT2D eigenvalue weighted by Crippen LogP contribution is -2.43. The average Bonchev–Trinajstić information content (AvgIpc) is 2.68. The summed E-state index contributed by atoms with van der Waals surface area (Å²) in [5.74, 6) is 1.04. The van der Waals surface area contributed by atoms with E-state index in [1.807, 2.05) is 4.90 Å². The van der Waals surface area contributed by atoms with Crippen LogP contribution in [0, 0.1) is 11.3 Å². The highest BCUT2D eigenvalue weighted by atomic mass is 16.2. The smallest absolute Gasteiger partial charge is 0.228 e. The Labute approximate surface area is 100 Å². The molecule has 1 fully saturated rings. The van der Waals surface area contributed by atoms with Crippen LogP contribution in [0.4, 0.5) is 0 Å². The van der Waals surface area contributed by atoms with Crippen molar-refractivity contribution in [2.24, 2.45) is 11.3 Å². The molecule has 2 nitrogen and oxygen atoms in total. The lowest BCUT2D eigenvalue weighted by Gasteiger charge is -2.34. The molecule has 94 valence electrons. The molecule has 0 spiro atoms. The van der Waals surface area contributed by atoms with Crippen molar-refractivity contribution >= 4 is 5.91 Å². The Bertz CT molecular complexity index is 225. The van der Waals surface area contributed by atoms with E-state index in [9.17, 15) is 4.79 Å². The van der Waals surface area contributed by atoms with E-state index >= 15 is 0 Å². The van der Waals surface area contributed by atoms with Crippen LogP contribution < -0.4 is 0 Å². The van der Waals surface area contributed by atoms with E-state index in [1.54, 1.807) is 0 Å². The van der Waals surface area contributed by atoms with Gasteiger partial charge in [0.25, 0.3) is 0 Å². The fourth-order valence-electron chi connectivity index (χ4n) is 3.18. The third-order valence-corrected chi connectivity index (χ3v) is 3.86. The molecular formula is C14H27NO. The molecule has 0 unspecified atom stereocenters. The largest absolute Gasteiger partial charge is 0.343 e. The van der Waals surface area contributed by atoms with Gasteiger partial charge in [-0.05, 0) is 39.0 Å². The summed E-state index contributed by atoms with van der Waals surface area (Å²) >= 11 is 0. The summed E-state index contributed by atoms with van der Waals surface area (Å²) in [7, 11) is 0. The van der Waals surface area contributed by atoms with Crippen LogP contribution in [0.1, 0.15) is 59.8 Å². The van der Waals surface area contributed by atoms with Crippen LogP contribution in [0.3, 0.4) is 0 Å². The van der Waals surface area contributed by atoms with E-state index in [1.165, 1.54) is 12.8 Å². The Balaban J connectivity index is 2.80. The summed E-state index contributed by atoms with van der Waals surface area (Å²) in [4.78, 5) is 14.6. The fraction of sp³-hybridized carbons (Fsp3) is 0.929. The maximum Gasteiger partial charge on any atom is 0.228 e. The number of carbonyl (C=O) groups excluding carboxylic acids is 1. The number of amides is 1. The highest BCUT2D eigenvalue weighted by Gasteiger charge is 2.42. The van der Waals surface area contributed by atoms with E-state index in [4.69, 9.17) is 0 Å². The van der Waals surface area contributed by atoms with Gasteiger partial charge in [0.05, 0.1) is 0 Å². The molecule has 0 aromatic carbocycles. The number of nitrogens with zero attached hydrogens (tertiary/aromatic N) is 1. The Morgan fingerprint density at radius 1 is 1.19 bits per heavy atom. The monoisotopic (exact) mass is 225 g/mol. The zero-order valence-electron chi connectivity index (χ0n) is 11.4. The molecule has 0 radical (unpaired) electrons. The molecule has 0 aromatic rings. The van der Waals surface area contributed by atoms with Crippen LogP contribution >= 0.6 is 0 Å². The summed E-state index contributed by atoms with van der Waals surface area (Å²) in [6.45, 7) is 10.3. The van der Waals surface area contributed by atoms with Gasteiger partial charge >= 0.3 is 0 Å². The Kier molecular flexibility index (Phi) is 4.82. The SMILES string of the molecule is CCN(CC)C(=O)C1(CC(C)C)CCCC1. The standard InChI is InChI=1S/C14H27NO/c1-5-15(6-2)13(16)14(11-12(3)4)9-7-8-10-14/h12H,5-11H2,1-4H3. The van der Waals surface area contributed by atoms with Crippen LogP contribution in [0.15, 0.2) is 0 Å². The van der Waals surface area contributed by atoms with Gasteiger partial charge in [-0.1, -0.05) is 26.7 Å². The van der Waals surface area contributed by atoms with Crippen molar-refractivity contribution in [1.29, 1.82) is 0 Å². The van der Waals surface area contributed by atoms with Gasteiger partial charge in [-0.15, -0.1) is 0 Å². The molecule has 1 aliphatic carbocycles. The van der Waals surface area contributed by atoms with Crippen molar-refractivity contribution in [3.63, 3.8) is 0 Å². The quantitative estimate of drug-likeness (QED) is 0.701. The summed E-state index contributed by atoms with van der Waals surface area (Å²) in [6, 6.07) is 0. The first-order valence-electron chi connectivity index (χ1n) is 6.85. The van der Waals surface area contributed by atoms with E-state index in [-0.39, 0.29) is 5.41 Å². The molecule has 1 aliphatic rings. The first-order valence-corrected chi connectivity index (χ1v) is 6.85. The normalized spacial score (nSPS) is 19.1. The van der Waals surface area contributed by atoms with E-state index in [2.05, 4.69) is 27.7 Å². The van der Waals surface area contributed by atoms with Crippen molar-refractivity contribution in [3.05, 3.63) is 0 Å². The number of rotatable bonds is 5. The van der Waals surface area contributed by atoms with Crippen LogP contribution in [-0.2, 0) is 4.79 Å². The van der Waals surface area contributed by atoms with Crippen molar-refractivity contribution in [2.75, 3.05) is 13.1 Å². The molecule has 0 N–H and O–H groups in total. The zero-order valence-corrected chi connectivity index (χ0v) is 11.4. The van der Waals surface area contributed by atoms with Gasteiger partial charge in [-0.25, -0.2) is 0 Å². The molecule has 16 heavy (non-hydrogen) atoms. The summed E-state index contributed by atoms with van der Waals surface area (Å²) in [6.07, 6.45) is 5.77. The van der Waals surface area contributed by atoms with E-state index in [0.717, 1.165) is 32.4 Å². The van der Waals surface area contributed by atoms with Gasteiger partial charge < -0.3 is 4.90 Å². The van der Waals surface area contributed by atoms with Crippen LogP contribution in [-0.4, -0.2) is 23.9 Å². The molecule has 0 heterocycles. The van der Waals surface area contributed by atoms with Crippen molar-refractivity contribution in [3.8, 4) is 0 Å². The molecule has 0 saturated heterocycles. The number of hydrogen-bond acceptors (Lipinski definition) is 1. The van der Waals surface area contributed by atoms with Crippen LogP contribution in [0.25, 0.3) is 0 Å². The number of hydrogen-bond donors (Lipinski definition) is 0. The van der Waals surface area contributed by atoms with Crippen molar-refractivity contribution in [1.82, 2.24) is 4.90 Å². The highest BCUT2D eigenvalue weighted by molar-refractivity contribution is 5.83. The summed E-state index contributed by atoms with van der Waals surface area (Å²) < 4.78 is 0. The van der Waals surface area contributed by atoms with Gasteiger partial charge in [0, 0.05) is 18.5 Å². The molecule has 1 rings (SSSR count). The Hall–Kier alpha value is -0.530. The van der Waals surface area contributed by atoms with Gasteiger partial charge in [-0.2, -0.15) is 0 Å². The maximum absolute atomic E-state index is 12.6. The lowest BCUT2D eigenvalue weighted by atomic mass is 9.77. The highest BCUT2D eigenvalue weighted by Crippen LogP contribution is 2.44. The predicted molar refractivity (Wildman–Crippen MR) is 68.3 cm³/mol. The van der Waals surface area contributed by atoms with Crippen LogP contribution in [0.2, 0.25) is 0 Å². The molecule has 2 heteroatoms. The Morgan fingerprint density at radius 2 is 1.69 bits per heavy atom. The van der Waals surface area contributed by atoms with Gasteiger partial charge in [0.1, 0.15) is 0 Å². The lowest BCUT2D eigenvalue weighted by molar-refractivity contribution is -0.142. The van der Waals surface area contributed by atoms with Gasteiger partial charge in [0.15, 0.2) is 0 Å². The third kappa shape index (κ3) is 2.78. The molecule has 1 amide bonds. The molecular weight excluding hydrogens is 198 g/mol. The number of carbonyl (C=O) groups is 1. The van der Waals surface area contributed by atoms with Crippen LogP contribution in [0.5, 0.6) is 0 Å². The average molecular weight is 225 g/mol. The molecule has 1 saturated carbocycles. The fourth-order valence-corrected chi connectivity index (χ4v) is 3.18. The molecule has 0 bridgehead atoms. The second kappa shape index (κ2) is 5.70. The summed E-state index contributed by atoms with van der Waals surface area (Å²) in [5, 5.41) is 0. The van der Waals surface area contributed by atoms with Gasteiger partial charge in [0.2, 0.25) is 5.91 Å². The first-order chi connectivity index (χ1) is 7.55. The van der Waals surface area contributed by atoms with E-state index < -0.39 is 0 Å². The topological polar surface area (TPSA) is 20.3 Å². The van der Waals surface area contributed by atoms with Gasteiger partial charge in [-0.3, -0.25) is 4.79 Å². The molecule has 0 atom stereocenters. The second-order valence-electron chi connectivity index (χ2n) is 5.56. The van der Waals surface area contributed by atoms with Crippen molar-refractivity contribution < 1.29 is 4.79 Å². The Morgan fingerprint density at radius 3 is 2.06 bits per heavy atom. The first kappa shape index (κ1) is 13.5. The minimum atomic E-state index is -0.0137. The molecule has 0 aliphatic heterocycles.